The fraction of sp³-hybridized carbons (Fsp3) is 0.917. The minimum Gasteiger partial charge on any atom is -0.394 e. The average Bonchev–Trinajstić information content (AvgIpc) is 2.07. The first-order valence-electron chi connectivity index (χ1n) is 5.76. The van der Waals surface area contributed by atoms with E-state index in [1.807, 2.05) is 0 Å². The first-order valence-corrected chi connectivity index (χ1v) is 5.76. The number of nitrogens with zero attached hydrogens (tertiary/aromatic N) is 2. The van der Waals surface area contributed by atoms with Gasteiger partial charge in [-0.05, 0) is 34.6 Å². The number of likely N-dealkylation sites (N-methyl/N-ethyl adjacent to an activating group) is 1. The molecule has 1 amide bonds. The minimum absolute atomic E-state index is 0.0109. The minimum atomic E-state index is -0.422. The lowest BCUT2D eigenvalue weighted by Gasteiger charge is -2.55. The van der Waals surface area contributed by atoms with Gasteiger partial charge in [-0.25, -0.2) is 0 Å². The highest BCUT2D eigenvalue weighted by Gasteiger charge is 2.48. The Morgan fingerprint density at radius 3 is 2.31 bits per heavy atom. The lowest BCUT2D eigenvalue weighted by molar-refractivity contribution is -0.158. The van der Waals surface area contributed by atoms with Crippen LogP contribution < -0.4 is 0 Å². The van der Waals surface area contributed by atoms with Crippen LogP contribution in [0.5, 0.6) is 0 Å². The second-order valence-corrected chi connectivity index (χ2v) is 6.25. The zero-order valence-electron chi connectivity index (χ0n) is 11.2. The number of hydrogen-bond acceptors (Lipinski definition) is 3. The van der Waals surface area contributed by atoms with Crippen LogP contribution in [0.4, 0.5) is 0 Å². The van der Waals surface area contributed by atoms with Gasteiger partial charge in [0.05, 0.1) is 6.61 Å². The third-order valence-electron chi connectivity index (χ3n) is 3.14. The first-order chi connectivity index (χ1) is 7.11. The number of aliphatic hydroxyl groups excluding tert-OH is 1. The van der Waals surface area contributed by atoms with Gasteiger partial charge < -0.3 is 10.0 Å². The maximum atomic E-state index is 12.0. The fourth-order valence-electron chi connectivity index (χ4n) is 3.06. The highest BCUT2D eigenvalue weighted by molar-refractivity contribution is 5.83. The molecule has 4 nitrogen and oxygen atoms in total. The molecule has 4 heteroatoms. The van der Waals surface area contributed by atoms with E-state index in [2.05, 4.69) is 39.5 Å². The van der Waals surface area contributed by atoms with E-state index in [-0.39, 0.29) is 23.6 Å². The van der Waals surface area contributed by atoms with Crippen LogP contribution in [0.3, 0.4) is 0 Å². The summed E-state index contributed by atoms with van der Waals surface area (Å²) in [5.41, 5.74) is -0.248. The Labute approximate surface area is 98.2 Å². The number of aliphatic hydroxyl groups is 1. The molecule has 0 radical (unpaired) electrons. The van der Waals surface area contributed by atoms with Crippen LogP contribution in [0.2, 0.25) is 0 Å². The summed E-state index contributed by atoms with van der Waals surface area (Å²) in [7, 11) is 1.80. The molecule has 0 aromatic rings. The van der Waals surface area contributed by atoms with Gasteiger partial charge in [0.25, 0.3) is 0 Å². The molecule has 1 saturated heterocycles. The molecule has 0 aromatic carbocycles. The maximum Gasteiger partial charge on any atom is 0.242 e. The number of amides is 1. The van der Waals surface area contributed by atoms with E-state index in [4.69, 9.17) is 0 Å². The summed E-state index contributed by atoms with van der Waals surface area (Å²) in [5, 5.41) is 9.46. The molecule has 1 fully saturated rings. The van der Waals surface area contributed by atoms with Crippen molar-refractivity contribution in [2.45, 2.75) is 51.7 Å². The molecule has 1 atom stereocenters. The Hall–Kier alpha value is -0.610. The normalized spacial score (nSPS) is 27.3. The van der Waals surface area contributed by atoms with Gasteiger partial charge >= 0.3 is 0 Å². The Balaban J connectivity index is 3.13. The van der Waals surface area contributed by atoms with Crippen LogP contribution in [0.15, 0.2) is 0 Å². The highest BCUT2D eigenvalue weighted by Crippen LogP contribution is 2.32. The molecule has 0 bridgehead atoms. The van der Waals surface area contributed by atoms with Crippen LogP contribution in [0, 0.1) is 0 Å². The summed E-state index contributed by atoms with van der Waals surface area (Å²) in [5.74, 6) is 0.0109. The molecule has 1 aliphatic heterocycles. The molecule has 0 aliphatic carbocycles. The SMILES string of the molecule is CN1CC(C)(C)N(C(C)(C)C)C(CO)C1=O. The molecule has 16 heavy (non-hydrogen) atoms. The molecule has 1 aliphatic rings. The largest absolute Gasteiger partial charge is 0.394 e. The molecule has 1 heterocycles. The number of carbonyl (C=O) groups excluding carboxylic acids is 1. The Morgan fingerprint density at radius 2 is 1.94 bits per heavy atom. The third-order valence-corrected chi connectivity index (χ3v) is 3.14. The van der Waals surface area contributed by atoms with Gasteiger partial charge in [0.1, 0.15) is 6.04 Å². The van der Waals surface area contributed by atoms with Gasteiger partial charge in [-0.2, -0.15) is 0 Å². The third kappa shape index (κ3) is 2.23. The van der Waals surface area contributed by atoms with Crippen molar-refractivity contribution in [2.24, 2.45) is 0 Å². The van der Waals surface area contributed by atoms with Crippen LogP contribution >= 0.6 is 0 Å². The second-order valence-electron chi connectivity index (χ2n) is 6.25. The first kappa shape index (κ1) is 13.5. The summed E-state index contributed by atoms with van der Waals surface area (Å²) < 4.78 is 0. The van der Waals surface area contributed by atoms with E-state index < -0.39 is 6.04 Å². The molecule has 94 valence electrons. The van der Waals surface area contributed by atoms with E-state index in [1.54, 1.807) is 11.9 Å². The monoisotopic (exact) mass is 228 g/mol. The van der Waals surface area contributed by atoms with Crippen molar-refractivity contribution in [1.29, 1.82) is 0 Å². The predicted molar refractivity (Wildman–Crippen MR) is 64.2 cm³/mol. The maximum absolute atomic E-state index is 12.0. The van der Waals surface area contributed by atoms with Gasteiger partial charge in [0.2, 0.25) is 5.91 Å². The molecule has 0 spiro atoms. The van der Waals surface area contributed by atoms with E-state index in [9.17, 15) is 9.90 Å². The van der Waals surface area contributed by atoms with E-state index >= 15 is 0 Å². The van der Waals surface area contributed by atoms with Crippen molar-refractivity contribution in [3.8, 4) is 0 Å². The predicted octanol–water partition coefficient (Wildman–Crippen LogP) is 0.698. The smallest absolute Gasteiger partial charge is 0.242 e. The van der Waals surface area contributed by atoms with Gasteiger partial charge in [-0.15, -0.1) is 0 Å². The highest BCUT2D eigenvalue weighted by atomic mass is 16.3. The van der Waals surface area contributed by atoms with Crippen LogP contribution in [-0.4, -0.2) is 58.1 Å². The van der Waals surface area contributed by atoms with Crippen LogP contribution in [0.25, 0.3) is 0 Å². The summed E-state index contributed by atoms with van der Waals surface area (Å²) in [6.07, 6.45) is 0. The van der Waals surface area contributed by atoms with Gasteiger partial charge in [0, 0.05) is 24.7 Å². The van der Waals surface area contributed by atoms with Crippen molar-refractivity contribution in [1.82, 2.24) is 9.80 Å². The molecular formula is C12H24N2O2. The molecule has 0 aromatic heterocycles. The summed E-state index contributed by atoms with van der Waals surface area (Å²) in [6.45, 7) is 11.0. The number of carbonyl (C=O) groups is 1. The lowest BCUT2D eigenvalue weighted by Crippen LogP contribution is -2.71. The van der Waals surface area contributed by atoms with E-state index in [0.29, 0.717) is 6.54 Å². The zero-order chi connectivity index (χ0) is 12.7. The Morgan fingerprint density at radius 1 is 1.44 bits per heavy atom. The van der Waals surface area contributed by atoms with E-state index in [0.717, 1.165) is 0 Å². The lowest BCUT2D eigenvalue weighted by atomic mass is 9.88. The Kier molecular flexibility index (Phi) is 3.37. The molecular weight excluding hydrogens is 204 g/mol. The van der Waals surface area contributed by atoms with Crippen molar-refractivity contribution in [3.05, 3.63) is 0 Å². The van der Waals surface area contributed by atoms with Crippen LogP contribution in [-0.2, 0) is 4.79 Å². The summed E-state index contributed by atoms with van der Waals surface area (Å²) in [6, 6.07) is -0.422. The van der Waals surface area contributed by atoms with Crippen molar-refractivity contribution >= 4 is 5.91 Å². The second kappa shape index (κ2) is 4.00. The fourth-order valence-corrected chi connectivity index (χ4v) is 3.06. The number of rotatable bonds is 1. The average molecular weight is 228 g/mol. The van der Waals surface area contributed by atoms with Gasteiger partial charge in [-0.3, -0.25) is 9.69 Å². The van der Waals surface area contributed by atoms with Gasteiger partial charge in [-0.1, -0.05) is 0 Å². The summed E-state index contributed by atoms with van der Waals surface area (Å²) in [4.78, 5) is 15.9. The molecule has 1 unspecified atom stereocenters. The summed E-state index contributed by atoms with van der Waals surface area (Å²) >= 11 is 0. The molecule has 0 saturated carbocycles. The quantitative estimate of drug-likeness (QED) is 0.718. The molecule has 1 N–H and O–H groups in total. The van der Waals surface area contributed by atoms with E-state index in [1.165, 1.54) is 0 Å². The zero-order valence-corrected chi connectivity index (χ0v) is 11.2. The number of hydrogen-bond donors (Lipinski definition) is 1. The number of piperazine rings is 1. The topological polar surface area (TPSA) is 43.8 Å². The standard InChI is InChI=1S/C12H24N2O2/c1-11(2,3)14-9(7-15)10(16)13(6)8-12(14,4)5/h9,15H,7-8H2,1-6H3. The van der Waals surface area contributed by atoms with Crippen LogP contribution in [0.1, 0.15) is 34.6 Å². The van der Waals surface area contributed by atoms with Crippen molar-refractivity contribution in [2.75, 3.05) is 20.2 Å². The van der Waals surface area contributed by atoms with Gasteiger partial charge in [0.15, 0.2) is 0 Å². The van der Waals surface area contributed by atoms with Crippen molar-refractivity contribution < 1.29 is 9.90 Å². The molecule has 1 rings (SSSR count). The Bertz CT molecular complexity index is 281. The van der Waals surface area contributed by atoms with Crippen molar-refractivity contribution in [3.63, 3.8) is 0 Å².